The van der Waals surface area contributed by atoms with Crippen LogP contribution >= 0.6 is 15.9 Å². The molecule has 0 aliphatic rings. The summed E-state index contributed by atoms with van der Waals surface area (Å²) >= 11 is 3.31. The predicted molar refractivity (Wildman–Crippen MR) is 91.2 cm³/mol. The Balaban J connectivity index is 2.05. The number of ketones is 1. The van der Waals surface area contributed by atoms with Gasteiger partial charge in [-0.2, -0.15) is 0 Å². The summed E-state index contributed by atoms with van der Waals surface area (Å²) in [7, 11) is 1.54. The van der Waals surface area contributed by atoms with Gasteiger partial charge in [-0.25, -0.2) is 4.79 Å². The van der Waals surface area contributed by atoms with Gasteiger partial charge in [0.1, 0.15) is 5.75 Å². The molecule has 0 radical (unpaired) electrons. The third-order valence-corrected chi connectivity index (χ3v) is 4.04. The largest absolute Gasteiger partial charge is 0.496 e. The van der Waals surface area contributed by atoms with Crippen LogP contribution in [-0.4, -0.2) is 25.5 Å². The number of rotatable bonds is 5. The van der Waals surface area contributed by atoms with Crippen molar-refractivity contribution in [2.24, 2.45) is 0 Å². The quantitative estimate of drug-likeness (QED) is 0.581. The summed E-state index contributed by atoms with van der Waals surface area (Å²) in [4.78, 5) is 24.3. The second-order valence-corrected chi connectivity index (χ2v) is 6.02. The van der Waals surface area contributed by atoms with Crippen molar-refractivity contribution in [1.29, 1.82) is 0 Å². The van der Waals surface area contributed by atoms with E-state index in [0.29, 0.717) is 21.3 Å². The van der Waals surface area contributed by atoms with Gasteiger partial charge in [0.2, 0.25) is 5.78 Å². The Bertz CT molecular complexity index is 753. The summed E-state index contributed by atoms with van der Waals surface area (Å²) in [5.74, 6) is -0.146. The molecule has 0 aliphatic heterocycles. The number of methoxy groups -OCH3 is 1. The van der Waals surface area contributed by atoms with E-state index in [1.165, 1.54) is 0 Å². The third-order valence-electron chi connectivity index (χ3n) is 3.42. The number of benzene rings is 2. The maximum absolute atomic E-state index is 12.2. The molecule has 0 N–H and O–H groups in total. The van der Waals surface area contributed by atoms with Crippen molar-refractivity contribution in [3.63, 3.8) is 0 Å². The van der Waals surface area contributed by atoms with Gasteiger partial charge in [-0.1, -0.05) is 17.7 Å². The highest BCUT2D eigenvalue weighted by Gasteiger charge is 2.15. The van der Waals surface area contributed by atoms with Crippen LogP contribution in [0.3, 0.4) is 0 Å². The number of hydrogen-bond acceptors (Lipinski definition) is 4. The molecular weight excluding hydrogens is 360 g/mol. The SMILES string of the molecule is COc1ccc(C(=O)OCC(=O)c2cc(C)ccc2C)cc1Br. The second-order valence-electron chi connectivity index (χ2n) is 5.17. The lowest BCUT2D eigenvalue weighted by molar-refractivity contribution is 0.0474. The zero-order valence-corrected chi connectivity index (χ0v) is 14.8. The van der Waals surface area contributed by atoms with Crippen molar-refractivity contribution in [2.75, 3.05) is 13.7 Å². The van der Waals surface area contributed by atoms with Crippen molar-refractivity contribution in [2.45, 2.75) is 13.8 Å². The van der Waals surface area contributed by atoms with Crippen molar-refractivity contribution in [3.05, 3.63) is 63.1 Å². The number of halogens is 1. The normalized spacial score (nSPS) is 10.3. The van der Waals surface area contributed by atoms with Gasteiger partial charge in [-0.3, -0.25) is 4.79 Å². The number of hydrogen-bond donors (Lipinski definition) is 0. The van der Waals surface area contributed by atoms with Crippen LogP contribution in [0.15, 0.2) is 40.9 Å². The Morgan fingerprint density at radius 2 is 1.83 bits per heavy atom. The Kier molecular flexibility index (Phi) is 5.55. The van der Waals surface area contributed by atoms with Crippen LogP contribution < -0.4 is 4.74 Å². The van der Waals surface area contributed by atoms with Crippen molar-refractivity contribution in [1.82, 2.24) is 0 Å². The third kappa shape index (κ3) is 4.20. The molecule has 2 aromatic carbocycles. The van der Waals surface area contributed by atoms with Crippen LogP contribution in [0.1, 0.15) is 31.8 Å². The van der Waals surface area contributed by atoms with Crippen LogP contribution in [0.2, 0.25) is 0 Å². The standard InChI is InChI=1S/C18H17BrO4/c1-11-4-5-12(2)14(8-11)16(20)10-23-18(21)13-6-7-17(22-3)15(19)9-13/h4-9H,10H2,1-3H3. The summed E-state index contributed by atoms with van der Waals surface area (Å²) in [6, 6.07) is 10.5. The van der Waals surface area contributed by atoms with E-state index in [0.717, 1.165) is 11.1 Å². The number of carbonyl (C=O) groups excluding carboxylic acids is 2. The molecule has 0 amide bonds. The maximum Gasteiger partial charge on any atom is 0.338 e. The van der Waals surface area contributed by atoms with Gasteiger partial charge in [0.15, 0.2) is 6.61 Å². The number of Topliss-reactive ketones (excluding diaryl/α,β-unsaturated/α-hetero) is 1. The zero-order chi connectivity index (χ0) is 17.0. The van der Waals surface area contributed by atoms with Crippen LogP contribution in [-0.2, 0) is 4.74 Å². The molecule has 0 saturated heterocycles. The first kappa shape index (κ1) is 17.2. The fraction of sp³-hybridized carbons (Fsp3) is 0.222. The van der Waals surface area contributed by atoms with E-state index in [9.17, 15) is 9.59 Å². The van der Waals surface area contributed by atoms with Crippen molar-refractivity contribution in [3.8, 4) is 5.75 Å². The molecule has 0 saturated carbocycles. The lowest BCUT2D eigenvalue weighted by Gasteiger charge is -2.09. The monoisotopic (exact) mass is 376 g/mol. The average molecular weight is 377 g/mol. The Morgan fingerprint density at radius 1 is 1.09 bits per heavy atom. The van der Waals surface area contributed by atoms with Gasteiger partial charge in [-0.05, 0) is 59.6 Å². The molecule has 2 rings (SSSR count). The summed E-state index contributed by atoms with van der Waals surface area (Å²) in [5, 5.41) is 0. The molecule has 0 fully saturated rings. The van der Waals surface area contributed by atoms with Crippen LogP contribution in [0.25, 0.3) is 0 Å². The fourth-order valence-electron chi connectivity index (χ4n) is 2.12. The highest BCUT2D eigenvalue weighted by Crippen LogP contribution is 2.25. The van der Waals surface area contributed by atoms with E-state index in [2.05, 4.69) is 15.9 Å². The number of esters is 1. The van der Waals surface area contributed by atoms with Gasteiger partial charge >= 0.3 is 5.97 Å². The minimum absolute atomic E-state index is 0.216. The lowest BCUT2D eigenvalue weighted by Crippen LogP contribution is -2.15. The second kappa shape index (κ2) is 7.42. The van der Waals surface area contributed by atoms with E-state index >= 15 is 0 Å². The molecule has 5 heteroatoms. The average Bonchev–Trinajstić information content (AvgIpc) is 2.54. The fourth-order valence-corrected chi connectivity index (χ4v) is 2.66. The first-order chi connectivity index (χ1) is 10.9. The molecule has 120 valence electrons. The molecule has 23 heavy (non-hydrogen) atoms. The topological polar surface area (TPSA) is 52.6 Å². The molecular formula is C18H17BrO4. The van der Waals surface area contributed by atoms with Gasteiger partial charge in [0.25, 0.3) is 0 Å². The molecule has 0 bridgehead atoms. The first-order valence-electron chi connectivity index (χ1n) is 7.03. The van der Waals surface area contributed by atoms with Crippen LogP contribution in [0.4, 0.5) is 0 Å². The number of aryl methyl sites for hydroxylation is 2. The molecule has 4 nitrogen and oxygen atoms in total. The molecule has 0 spiro atoms. The van der Waals surface area contributed by atoms with E-state index in [-0.39, 0.29) is 12.4 Å². The zero-order valence-electron chi connectivity index (χ0n) is 13.2. The van der Waals surface area contributed by atoms with Gasteiger partial charge in [0.05, 0.1) is 17.1 Å². The maximum atomic E-state index is 12.2. The Hall–Kier alpha value is -2.14. The number of ether oxygens (including phenoxy) is 2. The Morgan fingerprint density at radius 3 is 2.48 bits per heavy atom. The molecule has 0 atom stereocenters. The lowest BCUT2D eigenvalue weighted by atomic mass is 10.0. The van der Waals surface area contributed by atoms with Crippen molar-refractivity contribution < 1.29 is 19.1 Å². The molecule has 0 heterocycles. The van der Waals surface area contributed by atoms with E-state index < -0.39 is 5.97 Å². The summed E-state index contributed by atoms with van der Waals surface area (Å²) in [6.45, 7) is 3.49. The molecule has 0 aromatic heterocycles. The van der Waals surface area contributed by atoms with Crippen molar-refractivity contribution >= 4 is 27.7 Å². The minimum Gasteiger partial charge on any atom is -0.496 e. The molecule has 0 aliphatic carbocycles. The number of carbonyl (C=O) groups is 2. The van der Waals surface area contributed by atoms with E-state index in [1.54, 1.807) is 31.4 Å². The highest BCUT2D eigenvalue weighted by molar-refractivity contribution is 9.10. The van der Waals surface area contributed by atoms with Gasteiger partial charge in [-0.15, -0.1) is 0 Å². The van der Waals surface area contributed by atoms with Gasteiger partial charge < -0.3 is 9.47 Å². The predicted octanol–water partition coefficient (Wildman–Crippen LogP) is 4.11. The van der Waals surface area contributed by atoms with E-state index in [4.69, 9.17) is 9.47 Å². The summed E-state index contributed by atoms with van der Waals surface area (Å²) < 4.78 is 10.9. The Labute approximate surface area is 143 Å². The molecule has 0 unspecified atom stereocenters. The van der Waals surface area contributed by atoms with Gasteiger partial charge in [0, 0.05) is 5.56 Å². The minimum atomic E-state index is -0.549. The first-order valence-corrected chi connectivity index (χ1v) is 7.83. The smallest absolute Gasteiger partial charge is 0.338 e. The van der Waals surface area contributed by atoms with E-state index in [1.807, 2.05) is 26.0 Å². The highest BCUT2D eigenvalue weighted by atomic mass is 79.9. The summed E-state index contributed by atoms with van der Waals surface area (Å²) in [5.41, 5.74) is 2.79. The van der Waals surface area contributed by atoms with Crippen LogP contribution in [0.5, 0.6) is 5.75 Å². The molecule has 2 aromatic rings. The van der Waals surface area contributed by atoms with Crippen LogP contribution in [0, 0.1) is 13.8 Å². The summed E-state index contributed by atoms with van der Waals surface area (Å²) in [6.07, 6.45) is 0.